The van der Waals surface area contributed by atoms with Crippen LogP contribution < -0.4 is 10.6 Å². The van der Waals surface area contributed by atoms with Gasteiger partial charge in [0.1, 0.15) is 6.04 Å². The monoisotopic (exact) mass is 408 g/mol. The summed E-state index contributed by atoms with van der Waals surface area (Å²) in [6.45, 7) is 6.34. The second-order valence-corrected chi connectivity index (χ2v) is 8.73. The van der Waals surface area contributed by atoms with E-state index in [9.17, 15) is 9.59 Å². The van der Waals surface area contributed by atoms with Gasteiger partial charge < -0.3 is 10.6 Å². The van der Waals surface area contributed by atoms with E-state index in [2.05, 4.69) is 40.4 Å². The van der Waals surface area contributed by atoms with Gasteiger partial charge in [-0.05, 0) is 40.5 Å². The normalized spacial score (nSPS) is 12.5. The van der Waals surface area contributed by atoms with E-state index in [0.717, 1.165) is 9.35 Å². The molecule has 2 rings (SSSR count). The number of halogens is 1. The minimum Gasteiger partial charge on any atom is -0.353 e. The lowest BCUT2D eigenvalue weighted by atomic mass is 9.84. The molecule has 0 aliphatic heterocycles. The van der Waals surface area contributed by atoms with Crippen LogP contribution in [0, 0.1) is 0 Å². The lowest BCUT2D eigenvalue weighted by Crippen LogP contribution is -2.47. The topological polar surface area (TPSA) is 58.2 Å². The van der Waals surface area contributed by atoms with Gasteiger partial charge in [0.25, 0.3) is 5.91 Å². The molecule has 0 radical (unpaired) electrons. The Hall–Kier alpha value is -1.66. The number of nitrogens with one attached hydrogen (secondary N) is 2. The first-order valence-corrected chi connectivity index (χ1v) is 9.30. The molecule has 1 unspecified atom stereocenters. The molecule has 2 aromatic rings. The molecule has 6 heteroatoms. The number of carbonyl (C=O) groups is 2. The Labute approximate surface area is 154 Å². The lowest BCUT2D eigenvalue weighted by Gasteiger charge is -2.26. The van der Waals surface area contributed by atoms with E-state index in [1.54, 1.807) is 13.0 Å². The molecule has 0 saturated heterocycles. The maximum atomic E-state index is 12.3. The Kier molecular flexibility index (Phi) is 6.18. The van der Waals surface area contributed by atoms with Crippen molar-refractivity contribution in [1.82, 2.24) is 10.6 Å². The van der Waals surface area contributed by atoms with Crippen molar-refractivity contribution in [3.05, 3.63) is 56.7 Å². The highest BCUT2D eigenvalue weighted by Gasteiger charge is 2.23. The van der Waals surface area contributed by atoms with E-state index >= 15 is 0 Å². The molecule has 1 aromatic heterocycles. The van der Waals surface area contributed by atoms with Gasteiger partial charge in [-0.15, -0.1) is 11.3 Å². The van der Waals surface area contributed by atoms with Crippen LogP contribution in [0.1, 0.15) is 36.0 Å². The first-order valence-electron chi connectivity index (χ1n) is 7.69. The van der Waals surface area contributed by atoms with Crippen LogP contribution in [-0.4, -0.2) is 24.4 Å². The number of amides is 2. The summed E-state index contributed by atoms with van der Waals surface area (Å²) in [5, 5.41) is 5.65. The fourth-order valence-corrected chi connectivity index (χ4v) is 3.51. The molecule has 1 aromatic carbocycles. The minimum absolute atomic E-state index is 0.181. The fourth-order valence-electron chi connectivity index (χ4n) is 2.22. The molecular formula is C18H21BrN2O2S. The average Bonchev–Trinajstić information content (AvgIpc) is 3.00. The Morgan fingerprint density at radius 1 is 1.17 bits per heavy atom. The van der Waals surface area contributed by atoms with Crippen molar-refractivity contribution in [3.63, 3.8) is 0 Å². The van der Waals surface area contributed by atoms with Gasteiger partial charge in [0.05, 0.1) is 8.66 Å². The molecule has 2 amide bonds. The van der Waals surface area contributed by atoms with Gasteiger partial charge >= 0.3 is 0 Å². The molecule has 0 fully saturated rings. The minimum atomic E-state index is -0.593. The highest BCUT2D eigenvalue weighted by Crippen LogP contribution is 2.22. The Morgan fingerprint density at radius 2 is 1.83 bits per heavy atom. The number of rotatable bonds is 6. The zero-order valence-corrected chi connectivity index (χ0v) is 16.3. The number of benzene rings is 1. The molecule has 1 heterocycles. The smallest absolute Gasteiger partial charge is 0.262 e. The summed E-state index contributed by atoms with van der Waals surface area (Å²) in [4.78, 5) is 24.9. The van der Waals surface area contributed by atoms with Crippen LogP contribution in [0.5, 0.6) is 0 Å². The molecule has 0 spiro atoms. The average molecular weight is 409 g/mol. The maximum Gasteiger partial charge on any atom is 0.262 e. The quantitative estimate of drug-likeness (QED) is 0.764. The van der Waals surface area contributed by atoms with Crippen LogP contribution in [0.3, 0.4) is 0 Å². The van der Waals surface area contributed by atoms with Crippen molar-refractivity contribution in [2.45, 2.75) is 32.2 Å². The third kappa shape index (κ3) is 4.92. The van der Waals surface area contributed by atoms with E-state index in [4.69, 9.17) is 0 Å². The van der Waals surface area contributed by atoms with Gasteiger partial charge in [0.2, 0.25) is 5.91 Å². The van der Waals surface area contributed by atoms with Crippen molar-refractivity contribution < 1.29 is 9.59 Å². The zero-order chi connectivity index (χ0) is 17.7. The fraction of sp³-hybridized carbons (Fsp3) is 0.333. The lowest BCUT2D eigenvalue weighted by molar-refractivity contribution is -0.122. The van der Waals surface area contributed by atoms with Gasteiger partial charge in [0, 0.05) is 12.0 Å². The third-order valence-electron chi connectivity index (χ3n) is 3.80. The van der Waals surface area contributed by atoms with Crippen molar-refractivity contribution in [2.24, 2.45) is 0 Å². The number of thiophene rings is 1. The van der Waals surface area contributed by atoms with E-state index in [0.29, 0.717) is 11.4 Å². The van der Waals surface area contributed by atoms with Crippen molar-refractivity contribution in [1.29, 1.82) is 0 Å². The third-order valence-corrected chi connectivity index (χ3v) is 5.42. The van der Waals surface area contributed by atoms with Gasteiger partial charge in [-0.3, -0.25) is 9.59 Å². The molecule has 0 bridgehead atoms. The van der Waals surface area contributed by atoms with Crippen LogP contribution in [0.2, 0.25) is 0 Å². The zero-order valence-electron chi connectivity index (χ0n) is 13.9. The predicted molar refractivity (Wildman–Crippen MR) is 101 cm³/mol. The predicted octanol–water partition coefficient (Wildman–Crippen LogP) is 3.72. The summed E-state index contributed by atoms with van der Waals surface area (Å²) >= 11 is 4.66. The Bertz CT molecular complexity index is 713. The maximum absolute atomic E-state index is 12.3. The highest BCUT2D eigenvalue weighted by molar-refractivity contribution is 9.11. The van der Waals surface area contributed by atoms with Crippen LogP contribution in [0.15, 0.2) is 46.3 Å². The number of hydrogen-bond acceptors (Lipinski definition) is 3. The number of hydrogen-bond donors (Lipinski definition) is 2. The SMILES string of the molecule is CC(NC(=O)c1ccc(Br)s1)C(=O)NCC(C)(C)c1ccccc1. The molecular weight excluding hydrogens is 388 g/mol. The molecule has 1 atom stereocenters. The second kappa shape index (κ2) is 7.94. The summed E-state index contributed by atoms with van der Waals surface area (Å²) in [6.07, 6.45) is 0. The van der Waals surface area contributed by atoms with E-state index < -0.39 is 6.04 Å². The van der Waals surface area contributed by atoms with E-state index in [-0.39, 0.29) is 17.2 Å². The summed E-state index contributed by atoms with van der Waals surface area (Å²) in [5.74, 6) is -0.432. The molecule has 0 aliphatic carbocycles. The van der Waals surface area contributed by atoms with Gasteiger partial charge in [0.15, 0.2) is 0 Å². The standard InChI is InChI=1S/C18H21BrN2O2S/c1-12(21-17(23)14-9-10-15(19)24-14)16(22)20-11-18(2,3)13-7-5-4-6-8-13/h4-10,12H,11H2,1-3H3,(H,20,22)(H,21,23). The van der Waals surface area contributed by atoms with Crippen LogP contribution in [0.4, 0.5) is 0 Å². The van der Waals surface area contributed by atoms with Gasteiger partial charge in [-0.1, -0.05) is 44.2 Å². The van der Waals surface area contributed by atoms with Gasteiger partial charge in [-0.2, -0.15) is 0 Å². The highest BCUT2D eigenvalue weighted by atomic mass is 79.9. The van der Waals surface area contributed by atoms with Crippen molar-refractivity contribution in [2.75, 3.05) is 6.54 Å². The largest absolute Gasteiger partial charge is 0.353 e. The Balaban J connectivity index is 1.88. The first kappa shape index (κ1) is 18.7. The second-order valence-electron chi connectivity index (χ2n) is 6.27. The van der Waals surface area contributed by atoms with E-state index in [1.165, 1.54) is 11.3 Å². The van der Waals surface area contributed by atoms with Crippen molar-refractivity contribution in [3.8, 4) is 0 Å². The molecule has 0 aliphatic rings. The van der Waals surface area contributed by atoms with Crippen LogP contribution in [-0.2, 0) is 10.2 Å². The van der Waals surface area contributed by atoms with Gasteiger partial charge in [-0.25, -0.2) is 0 Å². The summed E-state index contributed by atoms with van der Waals surface area (Å²) in [5.41, 5.74) is 0.977. The van der Waals surface area contributed by atoms with Crippen LogP contribution >= 0.6 is 27.3 Å². The Morgan fingerprint density at radius 3 is 2.42 bits per heavy atom. The van der Waals surface area contributed by atoms with E-state index in [1.807, 2.05) is 36.4 Å². The first-order chi connectivity index (χ1) is 11.3. The number of carbonyl (C=O) groups excluding carboxylic acids is 2. The summed E-state index contributed by atoms with van der Waals surface area (Å²) in [6, 6.07) is 13.0. The van der Waals surface area contributed by atoms with Crippen LogP contribution in [0.25, 0.3) is 0 Å². The summed E-state index contributed by atoms with van der Waals surface area (Å²) in [7, 11) is 0. The molecule has 128 valence electrons. The molecule has 0 saturated carbocycles. The molecule has 24 heavy (non-hydrogen) atoms. The van der Waals surface area contributed by atoms with Crippen molar-refractivity contribution >= 4 is 39.1 Å². The molecule has 4 nitrogen and oxygen atoms in total. The molecule has 2 N–H and O–H groups in total. The summed E-state index contributed by atoms with van der Waals surface area (Å²) < 4.78 is 0.884.